The first-order valence-corrected chi connectivity index (χ1v) is 12.3. The van der Waals surface area contributed by atoms with Gasteiger partial charge in [0.15, 0.2) is 5.65 Å². The molecule has 0 spiro atoms. The molecule has 13 heteroatoms. The van der Waals surface area contributed by atoms with Crippen molar-refractivity contribution in [2.45, 2.75) is 38.9 Å². The number of aromatic nitrogens is 5. The second-order valence-electron chi connectivity index (χ2n) is 8.94. The van der Waals surface area contributed by atoms with Crippen molar-refractivity contribution < 1.29 is 23.1 Å². The number of alkyl halides is 3. The highest BCUT2D eigenvalue weighted by molar-refractivity contribution is 5.78. The maximum atomic E-state index is 13.2. The van der Waals surface area contributed by atoms with Crippen LogP contribution in [0.15, 0.2) is 53.6 Å². The maximum absolute atomic E-state index is 13.2. The number of carboxylic acids is 1. The first kappa shape index (κ1) is 27.6. The Morgan fingerprint density at radius 1 is 1.13 bits per heavy atom. The lowest BCUT2D eigenvalue weighted by molar-refractivity contribution is -0.137. The molecule has 0 saturated carbocycles. The zero-order valence-corrected chi connectivity index (χ0v) is 21.6. The van der Waals surface area contributed by atoms with Gasteiger partial charge in [0, 0.05) is 44.5 Å². The van der Waals surface area contributed by atoms with Crippen molar-refractivity contribution in [3.63, 3.8) is 0 Å². The van der Waals surface area contributed by atoms with Crippen LogP contribution in [-0.2, 0) is 24.7 Å². The molecule has 0 amide bonds. The Hall–Kier alpha value is -4.42. The number of imidazole rings is 1. The minimum atomic E-state index is -4.53. The molecule has 39 heavy (non-hydrogen) atoms. The number of halogens is 3. The van der Waals surface area contributed by atoms with Crippen molar-refractivity contribution in [3.05, 3.63) is 70.4 Å². The topological polar surface area (TPSA) is 118 Å². The lowest BCUT2D eigenvalue weighted by atomic mass is 10.0. The molecule has 1 atom stereocenters. The maximum Gasteiger partial charge on any atom is 0.393 e. The normalized spacial score (nSPS) is 12.5. The Bertz CT molecular complexity index is 1530. The molecule has 1 aromatic carbocycles. The minimum Gasteiger partial charge on any atom is -0.480 e. The van der Waals surface area contributed by atoms with Crippen molar-refractivity contribution >= 4 is 28.9 Å². The molecule has 0 bridgehead atoms. The third kappa shape index (κ3) is 6.02. The second-order valence-corrected chi connectivity index (χ2v) is 8.94. The number of hydrogen-bond acceptors (Lipinski definition) is 7. The van der Waals surface area contributed by atoms with E-state index in [4.69, 9.17) is 0 Å². The first-order chi connectivity index (χ1) is 18.5. The number of aryl methyl sites for hydroxylation is 1. The van der Waals surface area contributed by atoms with Crippen LogP contribution >= 0.6 is 0 Å². The molecule has 206 valence electrons. The van der Waals surface area contributed by atoms with E-state index < -0.39 is 24.6 Å². The highest BCUT2D eigenvalue weighted by Crippen LogP contribution is 2.27. The Balaban J connectivity index is 1.62. The van der Waals surface area contributed by atoms with E-state index in [0.29, 0.717) is 35.5 Å². The molecular formula is C26H28F3N7O3. The molecule has 4 rings (SSSR count). The number of aliphatic carboxylic acids is 1. The van der Waals surface area contributed by atoms with E-state index in [1.807, 2.05) is 13.8 Å². The fourth-order valence-electron chi connectivity index (χ4n) is 4.31. The lowest BCUT2D eigenvalue weighted by Gasteiger charge is -2.22. The van der Waals surface area contributed by atoms with E-state index in [-0.39, 0.29) is 29.4 Å². The molecule has 0 radical (unpaired) electrons. The van der Waals surface area contributed by atoms with Gasteiger partial charge in [0.25, 0.3) is 0 Å². The summed E-state index contributed by atoms with van der Waals surface area (Å²) in [6, 6.07) is 8.91. The zero-order valence-electron chi connectivity index (χ0n) is 21.6. The predicted octanol–water partition coefficient (Wildman–Crippen LogP) is 3.57. The van der Waals surface area contributed by atoms with E-state index in [1.165, 1.54) is 9.13 Å². The van der Waals surface area contributed by atoms with Gasteiger partial charge in [-0.15, -0.1) is 0 Å². The largest absolute Gasteiger partial charge is 0.480 e. The Morgan fingerprint density at radius 3 is 2.44 bits per heavy atom. The van der Waals surface area contributed by atoms with Crippen LogP contribution in [-0.4, -0.2) is 60.5 Å². The summed E-state index contributed by atoms with van der Waals surface area (Å²) >= 11 is 0. The smallest absolute Gasteiger partial charge is 0.393 e. The molecule has 3 aromatic heterocycles. The molecule has 2 N–H and O–H groups in total. The van der Waals surface area contributed by atoms with Crippen LogP contribution in [0.25, 0.3) is 16.9 Å². The summed E-state index contributed by atoms with van der Waals surface area (Å²) in [5.74, 6) is -1.23. The third-order valence-corrected chi connectivity index (χ3v) is 6.35. The SMILES string of the molecule is CCN(CC)c1ncc(CC(F)(F)F)c(NC(Cc2ccc(-n3c(=O)n(C)c4cccnc43)cc2)C(=O)O)n1. The van der Waals surface area contributed by atoms with Crippen molar-refractivity contribution in [2.24, 2.45) is 7.05 Å². The van der Waals surface area contributed by atoms with Crippen LogP contribution in [0.3, 0.4) is 0 Å². The number of nitrogens with zero attached hydrogens (tertiary/aromatic N) is 6. The van der Waals surface area contributed by atoms with Gasteiger partial charge in [0.2, 0.25) is 5.95 Å². The number of nitrogens with one attached hydrogen (secondary N) is 1. The second kappa shape index (κ2) is 11.1. The summed E-state index contributed by atoms with van der Waals surface area (Å²) in [6.07, 6.45) is -3.21. The number of carboxylic acid groups (broad SMARTS) is 1. The van der Waals surface area contributed by atoms with Gasteiger partial charge >= 0.3 is 17.8 Å². The standard InChI is InChI=1S/C26H28F3N7O3/c1-4-35(5-2)24-31-15-17(14-26(27,28)29)21(33-24)32-19(23(37)38)13-16-8-10-18(11-9-16)36-22-20(7-6-12-30-22)34(3)25(36)39/h6-12,15,19H,4-5,13-14H2,1-3H3,(H,37,38)(H,31,32,33). The van der Waals surface area contributed by atoms with Gasteiger partial charge in [-0.1, -0.05) is 12.1 Å². The van der Waals surface area contributed by atoms with Gasteiger partial charge in [-0.05, 0) is 43.7 Å². The van der Waals surface area contributed by atoms with E-state index in [2.05, 4.69) is 20.3 Å². The quantitative estimate of drug-likeness (QED) is 0.312. The number of carbonyl (C=O) groups is 1. The minimum absolute atomic E-state index is 0.0473. The van der Waals surface area contributed by atoms with E-state index in [1.54, 1.807) is 54.5 Å². The van der Waals surface area contributed by atoms with Gasteiger partial charge in [0.1, 0.15) is 11.9 Å². The van der Waals surface area contributed by atoms with Crippen LogP contribution in [0.1, 0.15) is 25.0 Å². The van der Waals surface area contributed by atoms with Gasteiger partial charge < -0.3 is 15.3 Å². The van der Waals surface area contributed by atoms with Gasteiger partial charge in [0.05, 0.1) is 17.6 Å². The Labute approximate surface area is 221 Å². The molecule has 0 aliphatic rings. The van der Waals surface area contributed by atoms with Crippen LogP contribution < -0.4 is 15.9 Å². The molecule has 0 fully saturated rings. The molecule has 4 aromatic rings. The van der Waals surface area contributed by atoms with Crippen LogP contribution in [0.2, 0.25) is 0 Å². The van der Waals surface area contributed by atoms with Crippen molar-refractivity contribution in [1.29, 1.82) is 0 Å². The lowest BCUT2D eigenvalue weighted by Crippen LogP contribution is -2.33. The summed E-state index contributed by atoms with van der Waals surface area (Å²) in [5.41, 5.74) is 1.74. The average Bonchev–Trinajstić information content (AvgIpc) is 3.15. The molecule has 10 nitrogen and oxygen atoms in total. The molecular weight excluding hydrogens is 515 g/mol. The molecule has 3 heterocycles. The van der Waals surface area contributed by atoms with Gasteiger partial charge in [-0.2, -0.15) is 18.2 Å². The number of rotatable bonds is 10. The summed E-state index contributed by atoms with van der Waals surface area (Å²) in [5, 5.41) is 12.6. The van der Waals surface area contributed by atoms with E-state index in [0.717, 1.165) is 6.20 Å². The average molecular weight is 544 g/mol. The monoisotopic (exact) mass is 543 g/mol. The van der Waals surface area contributed by atoms with Crippen molar-refractivity contribution in [1.82, 2.24) is 24.1 Å². The zero-order chi connectivity index (χ0) is 28.3. The van der Waals surface area contributed by atoms with Crippen LogP contribution in [0.5, 0.6) is 0 Å². The van der Waals surface area contributed by atoms with Crippen LogP contribution in [0, 0.1) is 0 Å². The van der Waals surface area contributed by atoms with E-state index >= 15 is 0 Å². The predicted molar refractivity (Wildman–Crippen MR) is 140 cm³/mol. The van der Waals surface area contributed by atoms with Gasteiger partial charge in [-0.3, -0.25) is 4.57 Å². The number of anilines is 2. The fourth-order valence-corrected chi connectivity index (χ4v) is 4.31. The fraction of sp³-hybridized carbons (Fsp3) is 0.346. The third-order valence-electron chi connectivity index (χ3n) is 6.35. The molecule has 1 unspecified atom stereocenters. The van der Waals surface area contributed by atoms with Gasteiger partial charge in [-0.25, -0.2) is 24.1 Å². The summed E-state index contributed by atoms with van der Waals surface area (Å²) in [4.78, 5) is 39.3. The Morgan fingerprint density at radius 2 is 1.82 bits per heavy atom. The highest BCUT2D eigenvalue weighted by atomic mass is 19.4. The molecule has 0 aliphatic heterocycles. The summed E-state index contributed by atoms with van der Waals surface area (Å²) in [7, 11) is 1.65. The number of pyridine rings is 1. The highest BCUT2D eigenvalue weighted by Gasteiger charge is 2.31. The van der Waals surface area contributed by atoms with E-state index in [9.17, 15) is 27.9 Å². The number of hydrogen-bond donors (Lipinski definition) is 2. The summed E-state index contributed by atoms with van der Waals surface area (Å²) < 4.78 is 42.6. The Kier molecular flexibility index (Phi) is 7.88. The molecule has 0 saturated heterocycles. The number of benzene rings is 1. The first-order valence-electron chi connectivity index (χ1n) is 12.3. The van der Waals surface area contributed by atoms with Crippen LogP contribution in [0.4, 0.5) is 24.9 Å². The van der Waals surface area contributed by atoms with Crippen molar-refractivity contribution in [3.8, 4) is 5.69 Å². The number of fused-ring (bicyclic) bond motifs is 1. The molecule has 0 aliphatic carbocycles. The van der Waals surface area contributed by atoms with Crippen molar-refractivity contribution in [2.75, 3.05) is 23.3 Å². The summed E-state index contributed by atoms with van der Waals surface area (Å²) in [6.45, 7) is 4.77.